The summed E-state index contributed by atoms with van der Waals surface area (Å²) in [4.78, 5) is 0. The SMILES string of the molecule is NS(=O)(=O)C1CCNCC1.[K]. The number of primary sulfonamides is 1. The van der Waals surface area contributed by atoms with Crippen LogP contribution in [0.4, 0.5) is 0 Å². The number of nitrogens with one attached hydrogen (secondary N) is 1. The summed E-state index contributed by atoms with van der Waals surface area (Å²) >= 11 is 0. The molecule has 11 heavy (non-hydrogen) atoms. The van der Waals surface area contributed by atoms with Gasteiger partial charge in [-0.1, -0.05) is 0 Å². The van der Waals surface area contributed by atoms with Gasteiger partial charge in [-0.3, -0.25) is 0 Å². The van der Waals surface area contributed by atoms with Crippen molar-refractivity contribution in [2.24, 2.45) is 5.14 Å². The molecule has 3 N–H and O–H groups in total. The van der Waals surface area contributed by atoms with Crippen LogP contribution in [-0.4, -0.2) is 78.1 Å². The van der Waals surface area contributed by atoms with E-state index in [1.54, 1.807) is 0 Å². The largest absolute Gasteiger partial charge is 0.317 e. The molecule has 0 saturated carbocycles. The van der Waals surface area contributed by atoms with Crippen molar-refractivity contribution in [3.63, 3.8) is 0 Å². The average molecular weight is 203 g/mol. The minimum absolute atomic E-state index is 0. The van der Waals surface area contributed by atoms with Crippen LogP contribution in [-0.2, 0) is 10.0 Å². The van der Waals surface area contributed by atoms with Crippen LogP contribution in [0.2, 0.25) is 0 Å². The van der Waals surface area contributed by atoms with Crippen molar-refractivity contribution in [3.8, 4) is 0 Å². The first-order valence-electron chi connectivity index (χ1n) is 3.33. The van der Waals surface area contributed by atoms with Gasteiger partial charge < -0.3 is 5.32 Å². The van der Waals surface area contributed by atoms with Crippen LogP contribution in [0.5, 0.6) is 0 Å². The number of hydrogen-bond acceptors (Lipinski definition) is 3. The molecule has 0 aromatic heterocycles. The second kappa shape index (κ2) is 5.28. The summed E-state index contributed by atoms with van der Waals surface area (Å²) in [5.74, 6) is 0. The molecule has 1 radical (unpaired) electrons. The summed E-state index contributed by atoms with van der Waals surface area (Å²) in [6, 6.07) is 0. The van der Waals surface area contributed by atoms with E-state index in [-0.39, 0.29) is 56.6 Å². The number of hydrogen-bond donors (Lipinski definition) is 2. The fourth-order valence-corrected chi connectivity index (χ4v) is 2.02. The van der Waals surface area contributed by atoms with Gasteiger partial charge in [0.1, 0.15) is 0 Å². The normalized spacial score (nSPS) is 20.8. The van der Waals surface area contributed by atoms with Gasteiger partial charge in [-0.25, -0.2) is 13.6 Å². The van der Waals surface area contributed by atoms with E-state index >= 15 is 0 Å². The van der Waals surface area contributed by atoms with Gasteiger partial charge in [-0.05, 0) is 25.9 Å². The summed E-state index contributed by atoms with van der Waals surface area (Å²) in [5, 5.41) is 7.71. The van der Waals surface area contributed by atoms with Crippen LogP contribution in [0, 0.1) is 0 Å². The number of piperidine rings is 1. The Kier molecular flexibility index (Phi) is 6.01. The average Bonchev–Trinajstić information content (AvgIpc) is 1.88. The maximum Gasteiger partial charge on any atom is 0.212 e. The first-order chi connectivity index (χ1) is 4.61. The van der Waals surface area contributed by atoms with Crippen molar-refractivity contribution in [1.82, 2.24) is 5.32 Å². The predicted octanol–water partition coefficient (Wildman–Crippen LogP) is -1.35. The van der Waals surface area contributed by atoms with Crippen LogP contribution >= 0.6 is 0 Å². The quantitative estimate of drug-likeness (QED) is 0.517. The Bertz CT molecular complexity index is 199. The van der Waals surface area contributed by atoms with Gasteiger partial charge in [0.15, 0.2) is 0 Å². The van der Waals surface area contributed by atoms with E-state index in [0.717, 1.165) is 13.1 Å². The van der Waals surface area contributed by atoms with Gasteiger partial charge >= 0.3 is 0 Å². The molecule has 0 aromatic rings. The van der Waals surface area contributed by atoms with Gasteiger partial charge in [0.25, 0.3) is 0 Å². The minimum atomic E-state index is -3.27. The summed E-state index contributed by atoms with van der Waals surface area (Å²) in [7, 11) is -3.27. The van der Waals surface area contributed by atoms with Crippen molar-refractivity contribution in [2.45, 2.75) is 18.1 Å². The fraction of sp³-hybridized carbons (Fsp3) is 1.00. The van der Waals surface area contributed by atoms with Crippen LogP contribution < -0.4 is 10.5 Å². The van der Waals surface area contributed by atoms with Gasteiger partial charge in [0.2, 0.25) is 10.0 Å². The van der Waals surface area contributed by atoms with E-state index in [9.17, 15) is 8.42 Å². The third kappa shape index (κ3) is 4.32. The Labute approximate surface area is 110 Å². The molecule has 61 valence electrons. The van der Waals surface area contributed by atoms with Crippen molar-refractivity contribution in [1.29, 1.82) is 0 Å². The first kappa shape index (κ1) is 12.5. The summed E-state index contributed by atoms with van der Waals surface area (Å²) in [5.41, 5.74) is 0. The molecule has 1 heterocycles. The summed E-state index contributed by atoms with van der Waals surface area (Å²) in [6.45, 7) is 1.53. The zero-order valence-corrected chi connectivity index (χ0v) is 10.6. The molecule has 0 atom stereocenters. The molecular formula is C5H12KN2O2S. The Balaban J connectivity index is 0.000001000. The van der Waals surface area contributed by atoms with Crippen LogP contribution in [0.25, 0.3) is 0 Å². The molecule has 1 aliphatic heterocycles. The Morgan fingerprint density at radius 1 is 1.27 bits per heavy atom. The second-order valence-electron chi connectivity index (χ2n) is 2.54. The molecule has 0 aliphatic carbocycles. The predicted molar refractivity (Wildman–Crippen MR) is 44.8 cm³/mol. The van der Waals surface area contributed by atoms with E-state index in [1.165, 1.54) is 0 Å². The smallest absolute Gasteiger partial charge is 0.212 e. The van der Waals surface area contributed by atoms with E-state index in [2.05, 4.69) is 5.32 Å². The third-order valence-corrected chi connectivity index (χ3v) is 3.15. The Hall–Kier alpha value is 1.51. The number of sulfonamides is 1. The molecule has 4 nitrogen and oxygen atoms in total. The molecule has 1 saturated heterocycles. The summed E-state index contributed by atoms with van der Waals surface area (Å²) < 4.78 is 21.5. The van der Waals surface area contributed by atoms with Crippen LogP contribution in [0.1, 0.15) is 12.8 Å². The Morgan fingerprint density at radius 3 is 2.00 bits per heavy atom. The summed E-state index contributed by atoms with van der Waals surface area (Å²) in [6.07, 6.45) is 1.30. The Morgan fingerprint density at radius 2 is 1.73 bits per heavy atom. The van der Waals surface area contributed by atoms with E-state index in [0.29, 0.717) is 12.8 Å². The van der Waals surface area contributed by atoms with Gasteiger partial charge in [-0.15, -0.1) is 0 Å². The first-order valence-corrected chi connectivity index (χ1v) is 4.94. The zero-order valence-electron chi connectivity index (χ0n) is 6.71. The van der Waals surface area contributed by atoms with Crippen molar-refractivity contribution in [3.05, 3.63) is 0 Å². The molecule has 0 bridgehead atoms. The molecule has 0 amide bonds. The van der Waals surface area contributed by atoms with E-state index in [4.69, 9.17) is 5.14 Å². The molecule has 1 aliphatic rings. The minimum Gasteiger partial charge on any atom is -0.317 e. The van der Waals surface area contributed by atoms with Gasteiger partial charge in [-0.2, -0.15) is 0 Å². The molecular weight excluding hydrogens is 191 g/mol. The topological polar surface area (TPSA) is 72.2 Å². The van der Waals surface area contributed by atoms with Crippen molar-refractivity contribution < 1.29 is 8.42 Å². The maximum absolute atomic E-state index is 10.7. The van der Waals surface area contributed by atoms with Crippen LogP contribution in [0.3, 0.4) is 0 Å². The fourth-order valence-electron chi connectivity index (χ4n) is 1.12. The molecule has 0 unspecified atom stereocenters. The molecule has 0 aromatic carbocycles. The van der Waals surface area contributed by atoms with Crippen molar-refractivity contribution >= 4 is 61.4 Å². The van der Waals surface area contributed by atoms with Gasteiger partial charge in [0, 0.05) is 51.4 Å². The van der Waals surface area contributed by atoms with E-state index < -0.39 is 10.0 Å². The molecule has 1 fully saturated rings. The zero-order chi connectivity index (χ0) is 7.61. The third-order valence-electron chi connectivity index (χ3n) is 1.75. The number of nitrogens with two attached hydrogens (primary N) is 1. The molecule has 0 spiro atoms. The van der Waals surface area contributed by atoms with Gasteiger partial charge in [0.05, 0.1) is 5.25 Å². The molecule has 1 rings (SSSR count). The van der Waals surface area contributed by atoms with Crippen molar-refractivity contribution in [2.75, 3.05) is 13.1 Å². The van der Waals surface area contributed by atoms with Crippen LogP contribution in [0.15, 0.2) is 0 Å². The molecule has 6 heteroatoms. The monoisotopic (exact) mass is 203 g/mol. The second-order valence-corrected chi connectivity index (χ2v) is 4.38. The maximum atomic E-state index is 10.7. The number of rotatable bonds is 1. The standard InChI is InChI=1S/C5H12N2O2S.K/c6-10(8,9)5-1-3-7-4-2-5;/h5,7H,1-4H2,(H2,6,8,9);. The van der Waals surface area contributed by atoms with E-state index in [1.807, 2.05) is 0 Å².